The Morgan fingerprint density at radius 3 is 2.31 bits per heavy atom. The van der Waals surface area contributed by atoms with Crippen LogP contribution < -0.4 is 0 Å². The average molecular weight is 231 g/mol. The molecule has 0 saturated heterocycles. The smallest absolute Gasteiger partial charge is 0.253 e. The fraction of sp³-hybridized carbons (Fsp3) is 0.875. The second-order valence-corrected chi connectivity index (χ2v) is 4.12. The van der Waals surface area contributed by atoms with E-state index in [2.05, 4.69) is 0 Å². The van der Waals surface area contributed by atoms with E-state index >= 15 is 0 Å². The van der Waals surface area contributed by atoms with Crippen molar-refractivity contribution in [2.75, 3.05) is 5.88 Å². The molecule has 76 valence electrons. The van der Waals surface area contributed by atoms with Crippen molar-refractivity contribution in [1.82, 2.24) is 0 Å². The van der Waals surface area contributed by atoms with Crippen LogP contribution >= 0.6 is 23.2 Å². The fourth-order valence-electron chi connectivity index (χ4n) is 1.26. The van der Waals surface area contributed by atoms with Crippen LogP contribution in [0.15, 0.2) is 0 Å². The van der Waals surface area contributed by atoms with Crippen LogP contribution in [0.2, 0.25) is 0 Å². The molecule has 0 N–H and O–H groups in total. The largest absolute Gasteiger partial charge is 0.280 e. The molecular weight excluding hydrogens is 221 g/mol. The lowest BCUT2D eigenvalue weighted by Crippen LogP contribution is -2.38. The minimum Gasteiger partial charge on any atom is -0.280 e. The summed E-state index contributed by atoms with van der Waals surface area (Å²) in [5.74, 6) is -0.195. The summed E-state index contributed by atoms with van der Waals surface area (Å²) in [7, 11) is 0. The van der Waals surface area contributed by atoms with Gasteiger partial charge in [0.05, 0.1) is 0 Å². The van der Waals surface area contributed by atoms with E-state index in [1.165, 1.54) is 0 Å². The van der Waals surface area contributed by atoms with Gasteiger partial charge in [-0.25, -0.2) is 8.78 Å². The third kappa shape index (κ3) is 2.32. The maximum absolute atomic E-state index is 12.6. The molecule has 0 bridgehead atoms. The van der Waals surface area contributed by atoms with E-state index in [9.17, 15) is 13.6 Å². The maximum Gasteiger partial charge on any atom is 0.253 e. The lowest BCUT2D eigenvalue weighted by atomic mass is 9.86. The molecule has 0 amide bonds. The first-order valence-corrected chi connectivity index (χ1v) is 4.98. The molecular formula is C8H10Cl2F2O. The van der Waals surface area contributed by atoms with Gasteiger partial charge in [0.2, 0.25) is 5.24 Å². The van der Waals surface area contributed by atoms with Gasteiger partial charge >= 0.3 is 0 Å². The van der Waals surface area contributed by atoms with Gasteiger partial charge in [0.15, 0.2) is 0 Å². The van der Waals surface area contributed by atoms with Gasteiger partial charge in [-0.05, 0) is 23.9 Å². The lowest BCUT2D eigenvalue weighted by Gasteiger charge is -2.26. The van der Waals surface area contributed by atoms with Crippen LogP contribution in [0, 0.1) is 11.3 Å². The first kappa shape index (κ1) is 11.2. The molecule has 0 aliphatic heterocycles. The summed E-state index contributed by atoms with van der Waals surface area (Å²) >= 11 is 10.6. The maximum atomic E-state index is 12.6. The van der Waals surface area contributed by atoms with E-state index in [1.54, 1.807) is 0 Å². The van der Waals surface area contributed by atoms with Crippen molar-refractivity contribution < 1.29 is 13.6 Å². The van der Waals surface area contributed by atoms with E-state index in [0.717, 1.165) is 12.8 Å². The average Bonchev–Trinajstić information content (AvgIpc) is 2.82. The Hall–Kier alpha value is 0.110. The third-order valence-electron chi connectivity index (χ3n) is 2.40. The highest BCUT2D eigenvalue weighted by Crippen LogP contribution is 2.45. The molecule has 0 aromatic rings. The molecule has 1 aliphatic rings. The van der Waals surface area contributed by atoms with Gasteiger partial charge in [0.25, 0.3) is 6.43 Å². The van der Waals surface area contributed by atoms with Crippen LogP contribution in [0.1, 0.15) is 19.3 Å². The standard InChI is InChI=1S/C8H10Cl2F2O/c9-4-8(6(10)13,7(11)12)3-5-1-2-5/h5,7H,1-4H2. The van der Waals surface area contributed by atoms with E-state index in [0.29, 0.717) is 0 Å². The number of carbonyl (C=O) groups excluding carboxylic acids is 1. The van der Waals surface area contributed by atoms with Crippen molar-refractivity contribution in [3.8, 4) is 0 Å². The number of alkyl halides is 3. The molecule has 0 aromatic heterocycles. The molecule has 5 heteroatoms. The second-order valence-electron chi connectivity index (χ2n) is 3.51. The Labute approximate surface area is 85.4 Å². The third-order valence-corrected chi connectivity index (χ3v) is 3.25. The molecule has 1 atom stereocenters. The van der Waals surface area contributed by atoms with E-state index in [4.69, 9.17) is 23.2 Å². The first-order valence-electron chi connectivity index (χ1n) is 4.07. The van der Waals surface area contributed by atoms with Crippen LogP contribution in [0.3, 0.4) is 0 Å². The van der Waals surface area contributed by atoms with E-state index in [1.807, 2.05) is 0 Å². The molecule has 0 radical (unpaired) electrons. The van der Waals surface area contributed by atoms with Crippen LogP contribution in [0.5, 0.6) is 0 Å². The number of halogens is 4. The summed E-state index contributed by atoms with van der Waals surface area (Å²) in [5.41, 5.74) is -1.82. The summed E-state index contributed by atoms with van der Waals surface area (Å²) in [6.07, 6.45) is -0.850. The van der Waals surface area contributed by atoms with Crippen molar-refractivity contribution in [2.24, 2.45) is 11.3 Å². The Bertz CT molecular complexity index is 206. The number of hydrogen-bond donors (Lipinski definition) is 0. The SMILES string of the molecule is O=C(Cl)C(CCl)(CC1CC1)C(F)F. The predicted molar refractivity (Wildman–Crippen MR) is 47.4 cm³/mol. The fourth-order valence-corrected chi connectivity index (χ4v) is 1.90. The summed E-state index contributed by atoms with van der Waals surface area (Å²) in [6, 6.07) is 0. The van der Waals surface area contributed by atoms with Crippen LogP contribution in [-0.4, -0.2) is 17.5 Å². The van der Waals surface area contributed by atoms with Gasteiger partial charge in [-0.15, -0.1) is 11.6 Å². The van der Waals surface area contributed by atoms with E-state index < -0.39 is 23.0 Å². The molecule has 0 heterocycles. The highest BCUT2D eigenvalue weighted by Gasteiger charge is 2.48. The number of rotatable bonds is 5. The second kappa shape index (κ2) is 4.09. The van der Waals surface area contributed by atoms with Crippen molar-refractivity contribution in [1.29, 1.82) is 0 Å². The summed E-state index contributed by atoms with van der Waals surface area (Å²) in [6.45, 7) is 0. The zero-order valence-electron chi connectivity index (χ0n) is 6.90. The molecule has 1 unspecified atom stereocenters. The molecule has 1 rings (SSSR count). The van der Waals surface area contributed by atoms with Gasteiger partial charge < -0.3 is 0 Å². The summed E-state index contributed by atoms with van der Waals surface area (Å²) in [5, 5.41) is -1.01. The molecule has 13 heavy (non-hydrogen) atoms. The first-order chi connectivity index (χ1) is 6.03. The quantitative estimate of drug-likeness (QED) is 0.525. The highest BCUT2D eigenvalue weighted by molar-refractivity contribution is 6.65. The van der Waals surface area contributed by atoms with Gasteiger partial charge in [-0.1, -0.05) is 12.8 Å². The van der Waals surface area contributed by atoms with Crippen molar-refractivity contribution in [2.45, 2.75) is 25.7 Å². The molecule has 1 fully saturated rings. The van der Waals surface area contributed by atoms with Gasteiger partial charge in [-0.2, -0.15) is 0 Å². The zero-order valence-corrected chi connectivity index (χ0v) is 8.42. The minimum absolute atomic E-state index is 0.122. The molecule has 1 aliphatic carbocycles. The molecule has 1 saturated carbocycles. The van der Waals surface area contributed by atoms with Crippen LogP contribution in [-0.2, 0) is 4.79 Å². The van der Waals surface area contributed by atoms with Crippen LogP contribution in [0.4, 0.5) is 8.78 Å². The Morgan fingerprint density at radius 2 is 2.08 bits per heavy atom. The minimum atomic E-state index is -2.77. The molecule has 0 spiro atoms. The monoisotopic (exact) mass is 230 g/mol. The predicted octanol–water partition coefficient (Wildman–Crippen LogP) is 3.04. The lowest BCUT2D eigenvalue weighted by molar-refractivity contribution is -0.128. The molecule has 1 nitrogen and oxygen atoms in total. The summed E-state index contributed by atoms with van der Waals surface area (Å²) < 4.78 is 25.2. The Morgan fingerprint density at radius 1 is 1.54 bits per heavy atom. The summed E-state index contributed by atoms with van der Waals surface area (Å²) in [4.78, 5) is 10.9. The van der Waals surface area contributed by atoms with Crippen molar-refractivity contribution >= 4 is 28.4 Å². The Balaban J connectivity index is 2.73. The Kier molecular flexibility index (Phi) is 3.52. The number of carbonyl (C=O) groups is 1. The zero-order chi connectivity index (χ0) is 10.1. The van der Waals surface area contributed by atoms with Gasteiger partial charge in [-0.3, -0.25) is 4.79 Å². The highest BCUT2D eigenvalue weighted by atomic mass is 35.5. The van der Waals surface area contributed by atoms with Gasteiger partial charge in [0.1, 0.15) is 5.41 Å². The number of hydrogen-bond acceptors (Lipinski definition) is 1. The van der Waals surface area contributed by atoms with Crippen molar-refractivity contribution in [3.05, 3.63) is 0 Å². The van der Waals surface area contributed by atoms with Crippen LogP contribution in [0.25, 0.3) is 0 Å². The molecule has 0 aromatic carbocycles. The topological polar surface area (TPSA) is 17.1 Å². The van der Waals surface area contributed by atoms with Gasteiger partial charge in [0, 0.05) is 5.88 Å². The van der Waals surface area contributed by atoms with E-state index in [-0.39, 0.29) is 12.3 Å². The normalized spacial score (nSPS) is 21.6. The van der Waals surface area contributed by atoms with Crippen molar-refractivity contribution in [3.63, 3.8) is 0 Å².